The van der Waals surface area contributed by atoms with Crippen molar-refractivity contribution in [3.8, 4) is 28.5 Å². The molecule has 1 aromatic carbocycles. The fourth-order valence-electron chi connectivity index (χ4n) is 3.64. The number of nitrogens with two attached hydrogens (primary N) is 1. The van der Waals surface area contributed by atoms with Gasteiger partial charge in [-0.1, -0.05) is 12.1 Å². The van der Waals surface area contributed by atoms with Crippen LogP contribution in [-0.4, -0.2) is 30.3 Å². The zero-order valence-corrected chi connectivity index (χ0v) is 17.7. The zero-order valence-electron chi connectivity index (χ0n) is 17.7. The van der Waals surface area contributed by atoms with E-state index in [0.29, 0.717) is 39.3 Å². The molecule has 3 aromatic heterocycles. The van der Waals surface area contributed by atoms with Crippen molar-refractivity contribution in [3.05, 3.63) is 63.8 Å². The predicted molar refractivity (Wildman–Crippen MR) is 115 cm³/mol. The van der Waals surface area contributed by atoms with Gasteiger partial charge in [-0.05, 0) is 43.7 Å². The van der Waals surface area contributed by atoms with Gasteiger partial charge in [0.1, 0.15) is 0 Å². The van der Waals surface area contributed by atoms with E-state index in [2.05, 4.69) is 15.1 Å². The first kappa shape index (κ1) is 22.0. The third-order valence-corrected chi connectivity index (χ3v) is 5.02. The van der Waals surface area contributed by atoms with Gasteiger partial charge in [-0.15, -0.1) is 5.10 Å². The second kappa shape index (κ2) is 8.05. The Labute approximate surface area is 185 Å². The number of alkyl halides is 3. The van der Waals surface area contributed by atoms with E-state index in [0.717, 1.165) is 9.08 Å². The van der Waals surface area contributed by atoms with Gasteiger partial charge in [0.25, 0.3) is 0 Å². The number of nitrogens with zero attached hydrogens (tertiary/aromatic N) is 6. The van der Waals surface area contributed by atoms with E-state index >= 15 is 0 Å². The van der Waals surface area contributed by atoms with Crippen LogP contribution in [0.15, 0.2) is 41.2 Å². The zero-order chi connectivity index (χ0) is 23.9. The molecule has 3 heterocycles. The predicted octanol–water partition coefficient (Wildman–Crippen LogP) is 3.64. The smallest absolute Gasteiger partial charge is 0.369 e. The third kappa shape index (κ3) is 4.27. The van der Waals surface area contributed by atoms with Gasteiger partial charge in [0.15, 0.2) is 5.65 Å². The van der Waals surface area contributed by atoms with Crippen LogP contribution in [0.3, 0.4) is 0 Å². The van der Waals surface area contributed by atoms with Crippen molar-refractivity contribution in [1.29, 1.82) is 5.26 Å². The minimum atomic E-state index is -4.45. The minimum absolute atomic E-state index is 0.0824. The largest absolute Gasteiger partial charge is 0.390 e. The van der Waals surface area contributed by atoms with Gasteiger partial charge in [0.05, 0.1) is 35.9 Å². The van der Waals surface area contributed by atoms with Gasteiger partial charge in [-0.3, -0.25) is 4.98 Å². The molecule has 0 saturated carbocycles. The summed E-state index contributed by atoms with van der Waals surface area (Å²) in [6.45, 7) is 2.95. The Hall–Kier alpha value is -4.20. The number of nitrogen functional groups attached to an aromatic ring is 1. The second-order valence-electron chi connectivity index (χ2n) is 7.55. The first-order chi connectivity index (χ1) is 15.6. The molecule has 8 nitrogen and oxygen atoms in total. The SMILES string of the molecule is Cc1cc(-c2c(-c3ccc(C#N)cc3)nc(N)n3c(=O)n(CCC(F)(F)F)nc23)cc(C)n1. The van der Waals surface area contributed by atoms with Crippen molar-refractivity contribution < 1.29 is 13.2 Å². The Morgan fingerprint density at radius 1 is 1.06 bits per heavy atom. The summed E-state index contributed by atoms with van der Waals surface area (Å²) in [4.78, 5) is 21.6. The molecule has 4 aromatic rings. The highest BCUT2D eigenvalue weighted by Gasteiger charge is 2.28. The number of hydrogen-bond acceptors (Lipinski definition) is 6. The average Bonchev–Trinajstić information content (AvgIpc) is 3.07. The van der Waals surface area contributed by atoms with Crippen LogP contribution in [0.25, 0.3) is 28.0 Å². The molecule has 4 rings (SSSR count). The van der Waals surface area contributed by atoms with Crippen molar-refractivity contribution in [2.24, 2.45) is 0 Å². The van der Waals surface area contributed by atoms with Crippen LogP contribution >= 0.6 is 0 Å². The summed E-state index contributed by atoms with van der Waals surface area (Å²) in [7, 11) is 0. The Morgan fingerprint density at radius 2 is 1.70 bits per heavy atom. The Bertz CT molecular complexity index is 1440. The van der Waals surface area contributed by atoms with Gasteiger partial charge in [0, 0.05) is 17.0 Å². The Kier molecular flexibility index (Phi) is 5.37. The van der Waals surface area contributed by atoms with E-state index in [-0.39, 0.29) is 11.6 Å². The molecule has 0 atom stereocenters. The molecule has 0 spiro atoms. The molecular formula is C22H18F3N7O. The maximum atomic E-state index is 12.8. The molecule has 33 heavy (non-hydrogen) atoms. The summed E-state index contributed by atoms with van der Waals surface area (Å²) in [5.41, 5.74) is 9.20. The van der Waals surface area contributed by atoms with Crippen LogP contribution in [0.4, 0.5) is 19.1 Å². The highest BCUT2D eigenvalue weighted by Crippen LogP contribution is 2.35. The lowest BCUT2D eigenvalue weighted by Crippen LogP contribution is -2.25. The first-order valence-electron chi connectivity index (χ1n) is 9.89. The summed E-state index contributed by atoms with van der Waals surface area (Å²) in [6, 6.07) is 12.2. The van der Waals surface area contributed by atoms with Crippen LogP contribution < -0.4 is 11.4 Å². The maximum Gasteiger partial charge on any atom is 0.390 e. The number of benzene rings is 1. The molecule has 11 heteroatoms. The summed E-state index contributed by atoms with van der Waals surface area (Å²) < 4.78 is 40.1. The lowest BCUT2D eigenvalue weighted by molar-refractivity contribution is -0.137. The monoisotopic (exact) mass is 453 g/mol. The molecule has 2 N–H and O–H groups in total. The summed E-state index contributed by atoms with van der Waals surface area (Å²) in [5.74, 6) is -0.209. The van der Waals surface area contributed by atoms with Crippen LogP contribution in [0.2, 0.25) is 0 Å². The topological polar surface area (TPSA) is 115 Å². The summed E-state index contributed by atoms with van der Waals surface area (Å²) in [5, 5.41) is 13.3. The number of pyridine rings is 1. The molecule has 0 bridgehead atoms. The molecule has 0 aliphatic rings. The molecule has 0 radical (unpaired) electrons. The molecule has 0 saturated heterocycles. The second-order valence-corrected chi connectivity index (χ2v) is 7.55. The highest BCUT2D eigenvalue weighted by molar-refractivity contribution is 5.90. The number of fused-ring (bicyclic) bond motifs is 1. The quantitative estimate of drug-likeness (QED) is 0.505. The number of rotatable bonds is 4. The lowest BCUT2D eigenvalue weighted by atomic mass is 9.99. The van der Waals surface area contributed by atoms with E-state index in [1.807, 2.05) is 6.07 Å². The van der Waals surface area contributed by atoms with E-state index in [4.69, 9.17) is 11.0 Å². The van der Waals surface area contributed by atoms with E-state index < -0.39 is 24.8 Å². The van der Waals surface area contributed by atoms with Crippen molar-refractivity contribution in [2.45, 2.75) is 33.0 Å². The van der Waals surface area contributed by atoms with Crippen molar-refractivity contribution in [1.82, 2.24) is 24.1 Å². The molecule has 0 fully saturated rings. The number of aryl methyl sites for hydroxylation is 3. The van der Waals surface area contributed by atoms with Crippen LogP contribution in [0.1, 0.15) is 23.4 Å². The molecule has 0 unspecified atom stereocenters. The maximum absolute atomic E-state index is 12.8. The lowest BCUT2D eigenvalue weighted by Gasteiger charge is -2.13. The molecule has 0 aliphatic carbocycles. The average molecular weight is 453 g/mol. The first-order valence-corrected chi connectivity index (χ1v) is 9.89. The normalized spacial score (nSPS) is 11.6. The van der Waals surface area contributed by atoms with Gasteiger partial charge < -0.3 is 5.73 Å². The molecule has 0 aliphatic heterocycles. The van der Waals surface area contributed by atoms with Crippen LogP contribution in [0.5, 0.6) is 0 Å². The standard InChI is InChI=1S/C22H18F3N7O/c1-12-9-16(10-13(2)28-12)17-18(15-5-3-14(11-26)4-6-15)29-20(27)32-19(17)30-31(21(32)33)8-7-22(23,24)25/h3-6,9-10H,7-8H2,1-2H3,(H2,27,29). The fraction of sp³-hybridized carbons (Fsp3) is 0.227. The van der Waals surface area contributed by atoms with Crippen LogP contribution in [0, 0.1) is 25.2 Å². The molecule has 0 amide bonds. The molecule has 168 valence electrons. The summed E-state index contributed by atoms with van der Waals surface area (Å²) >= 11 is 0. The molecular weight excluding hydrogens is 435 g/mol. The number of nitriles is 1. The van der Waals surface area contributed by atoms with E-state index in [1.165, 1.54) is 0 Å². The number of anilines is 1. The summed E-state index contributed by atoms with van der Waals surface area (Å²) in [6.07, 6.45) is -5.66. The number of halogens is 3. The Balaban J connectivity index is 2.04. The number of aromatic nitrogens is 5. The van der Waals surface area contributed by atoms with E-state index in [9.17, 15) is 18.0 Å². The Morgan fingerprint density at radius 3 is 2.27 bits per heavy atom. The fourth-order valence-corrected chi connectivity index (χ4v) is 3.64. The van der Waals surface area contributed by atoms with Crippen LogP contribution in [-0.2, 0) is 6.54 Å². The van der Waals surface area contributed by atoms with Crippen molar-refractivity contribution in [2.75, 3.05) is 5.73 Å². The van der Waals surface area contributed by atoms with Gasteiger partial charge in [-0.25, -0.2) is 18.9 Å². The van der Waals surface area contributed by atoms with Gasteiger partial charge in [0.2, 0.25) is 5.95 Å². The minimum Gasteiger partial charge on any atom is -0.369 e. The van der Waals surface area contributed by atoms with Crippen molar-refractivity contribution >= 4 is 11.6 Å². The van der Waals surface area contributed by atoms with Gasteiger partial charge in [-0.2, -0.15) is 18.4 Å². The van der Waals surface area contributed by atoms with E-state index in [1.54, 1.807) is 50.2 Å². The highest BCUT2D eigenvalue weighted by atomic mass is 19.4. The van der Waals surface area contributed by atoms with Gasteiger partial charge >= 0.3 is 11.9 Å². The third-order valence-electron chi connectivity index (χ3n) is 5.02. The number of hydrogen-bond donors (Lipinski definition) is 1. The van der Waals surface area contributed by atoms with Crippen molar-refractivity contribution in [3.63, 3.8) is 0 Å².